The third-order valence-corrected chi connectivity index (χ3v) is 7.96. The summed E-state index contributed by atoms with van der Waals surface area (Å²) in [6.45, 7) is 8.26. The molecular weight excluding hydrogens is 664 g/mol. The van der Waals surface area contributed by atoms with Gasteiger partial charge in [0.15, 0.2) is 0 Å². The second kappa shape index (κ2) is 16.5. The van der Waals surface area contributed by atoms with Gasteiger partial charge in [0.25, 0.3) is 0 Å². The van der Waals surface area contributed by atoms with E-state index in [-0.39, 0.29) is 19.4 Å². The average molecular weight is 707 g/mol. The fourth-order valence-electron chi connectivity index (χ4n) is 5.26. The molecule has 4 N–H and O–H groups in total. The predicted molar refractivity (Wildman–Crippen MR) is 187 cm³/mol. The van der Waals surface area contributed by atoms with Crippen LogP contribution in [-0.4, -0.2) is 66.7 Å². The zero-order valence-electron chi connectivity index (χ0n) is 28.9. The van der Waals surface area contributed by atoms with Crippen LogP contribution in [-0.2, 0) is 48.1 Å². The Morgan fingerprint density at radius 1 is 0.840 bits per heavy atom. The molecule has 3 aromatic carbocycles. The Morgan fingerprint density at radius 3 is 2.16 bits per heavy atom. The maximum atomic E-state index is 13.6. The fourth-order valence-corrected chi connectivity index (χ4v) is 5.52. The Kier molecular flexibility index (Phi) is 12.5. The Hall–Kier alpha value is -5.10. The first-order valence-corrected chi connectivity index (χ1v) is 16.6. The Labute approximate surface area is 296 Å². The standard InChI is InChI=1S/C37H43ClN4O8/c1-21-32(43)39-22(2)33(44)41-30(35(46)48-6)17-24-12-13-31(49-20-23-10-8-7-9-11-23)28(16-24)26-14-25(15-27(38)19-26)18-29(34(45)40-21)42-36(47)50-37(3,4)5/h7-16,19,21-22,29-30H,17-18,20H2,1-6H3,(H,39,43)(H,40,45)(H,41,44)(H,42,47)/t21-,22-,29-,30-/m0/s1. The van der Waals surface area contributed by atoms with Gasteiger partial charge in [-0.05, 0) is 81.1 Å². The molecule has 0 fully saturated rings. The number of methoxy groups -OCH3 is 1. The number of alkyl carbamates (subject to hydrolysis) is 1. The van der Waals surface area contributed by atoms with Crippen molar-refractivity contribution in [3.63, 3.8) is 0 Å². The third kappa shape index (κ3) is 10.7. The molecule has 0 radical (unpaired) electrons. The molecule has 12 nitrogen and oxygen atoms in total. The topological polar surface area (TPSA) is 161 Å². The van der Waals surface area contributed by atoms with Crippen LogP contribution in [0.1, 0.15) is 51.3 Å². The van der Waals surface area contributed by atoms with E-state index in [1.54, 1.807) is 45.0 Å². The normalized spacial score (nSPS) is 20.2. The van der Waals surface area contributed by atoms with Crippen LogP contribution in [0, 0.1) is 0 Å². The Balaban J connectivity index is 1.82. The van der Waals surface area contributed by atoms with Gasteiger partial charge in [-0.1, -0.05) is 54.1 Å². The summed E-state index contributed by atoms with van der Waals surface area (Å²) in [4.78, 5) is 65.5. The van der Waals surface area contributed by atoms with Crippen molar-refractivity contribution in [3.8, 4) is 16.9 Å². The quantitative estimate of drug-likeness (QED) is 0.287. The molecule has 0 unspecified atom stereocenters. The van der Waals surface area contributed by atoms with Crippen molar-refractivity contribution in [1.82, 2.24) is 21.3 Å². The van der Waals surface area contributed by atoms with Crippen LogP contribution in [0.25, 0.3) is 11.1 Å². The minimum Gasteiger partial charge on any atom is -0.488 e. The Bertz CT molecular complexity index is 1730. The smallest absolute Gasteiger partial charge is 0.408 e. The van der Waals surface area contributed by atoms with Crippen LogP contribution in [0.4, 0.5) is 4.79 Å². The number of carbonyl (C=O) groups excluding carboxylic acids is 5. The van der Waals surface area contributed by atoms with E-state index >= 15 is 0 Å². The highest BCUT2D eigenvalue weighted by atomic mass is 35.5. The number of fused-ring (bicyclic) bond motifs is 5. The number of ether oxygens (including phenoxy) is 3. The summed E-state index contributed by atoms with van der Waals surface area (Å²) in [6, 6.07) is 15.8. The molecule has 3 aromatic rings. The molecule has 4 atom stereocenters. The van der Waals surface area contributed by atoms with E-state index in [0.29, 0.717) is 33.0 Å². The van der Waals surface area contributed by atoms with E-state index in [0.717, 1.165) is 5.56 Å². The van der Waals surface area contributed by atoms with Crippen LogP contribution >= 0.6 is 11.6 Å². The molecule has 4 rings (SSSR count). The lowest BCUT2D eigenvalue weighted by Crippen LogP contribution is -2.57. The van der Waals surface area contributed by atoms with E-state index in [9.17, 15) is 24.0 Å². The molecule has 1 heterocycles. The second-order valence-electron chi connectivity index (χ2n) is 13.1. The Morgan fingerprint density at radius 2 is 1.50 bits per heavy atom. The van der Waals surface area contributed by atoms with Crippen molar-refractivity contribution >= 4 is 41.4 Å². The van der Waals surface area contributed by atoms with E-state index in [1.807, 2.05) is 42.5 Å². The summed E-state index contributed by atoms with van der Waals surface area (Å²) in [7, 11) is 1.22. The van der Waals surface area contributed by atoms with Crippen LogP contribution in [0.3, 0.4) is 0 Å². The first kappa shape index (κ1) is 37.7. The summed E-state index contributed by atoms with van der Waals surface area (Å²) in [5, 5.41) is 10.8. The zero-order chi connectivity index (χ0) is 36.6. The number of hydrogen-bond acceptors (Lipinski definition) is 8. The van der Waals surface area contributed by atoms with Gasteiger partial charge in [-0.2, -0.15) is 0 Å². The molecule has 1 aliphatic rings. The summed E-state index contributed by atoms with van der Waals surface area (Å²) >= 11 is 6.65. The zero-order valence-corrected chi connectivity index (χ0v) is 29.7. The number of benzene rings is 3. The highest BCUT2D eigenvalue weighted by Crippen LogP contribution is 2.35. The van der Waals surface area contributed by atoms with Crippen molar-refractivity contribution in [2.45, 2.75) is 83.8 Å². The van der Waals surface area contributed by atoms with Gasteiger partial charge in [-0.15, -0.1) is 0 Å². The third-order valence-electron chi connectivity index (χ3n) is 7.74. The van der Waals surface area contributed by atoms with E-state index in [4.69, 9.17) is 25.8 Å². The van der Waals surface area contributed by atoms with Crippen molar-refractivity contribution < 1.29 is 38.2 Å². The number of amides is 4. The number of carbonyl (C=O) groups is 5. The lowest BCUT2D eigenvalue weighted by Gasteiger charge is -2.25. The molecule has 1 aliphatic heterocycles. The summed E-state index contributed by atoms with van der Waals surface area (Å²) in [6.07, 6.45) is -0.781. The molecule has 0 saturated carbocycles. The van der Waals surface area contributed by atoms with Gasteiger partial charge in [0.2, 0.25) is 17.7 Å². The predicted octanol–water partition coefficient (Wildman–Crippen LogP) is 4.25. The maximum Gasteiger partial charge on any atom is 0.408 e. The first-order valence-electron chi connectivity index (χ1n) is 16.2. The molecule has 0 saturated heterocycles. The monoisotopic (exact) mass is 706 g/mol. The molecule has 4 bridgehead atoms. The van der Waals surface area contributed by atoms with Gasteiger partial charge in [0, 0.05) is 23.4 Å². The van der Waals surface area contributed by atoms with Crippen LogP contribution in [0.15, 0.2) is 66.7 Å². The summed E-state index contributed by atoms with van der Waals surface area (Å²) < 4.78 is 16.7. The summed E-state index contributed by atoms with van der Waals surface area (Å²) in [5.74, 6) is -2.12. The molecule has 266 valence electrons. The maximum absolute atomic E-state index is 13.6. The molecule has 13 heteroatoms. The fraction of sp³-hybridized carbons (Fsp3) is 0.378. The van der Waals surface area contributed by atoms with Gasteiger partial charge < -0.3 is 35.5 Å². The van der Waals surface area contributed by atoms with Crippen molar-refractivity contribution in [3.05, 3.63) is 88.4 Å². The van der Waals surface area contributed by atoms with Crippen molar-refractivity contribution in [1.29, 1.82) is 0 Å². The minimum absolute atomic E-state index is 0.0178. The van der Waals surface area contributed by atoms with E-state index in [2.05, 4.69) is 21.3 Å². The highest BCUT2D eigenvalue weighted by molar-refractivity contribution is 6.31. The SMILES string of the molecule is COC(=O)[C@@H]1Cc2ccc(OCc3ccccc3)c(c2)-c2cc(Cl)cc(c2)C[C@H](NC(=O)OC(C)(C)C)C(=O)N[C@@H](C)C(=O)N[C@@H](C)C(=O)N1. The lowest BCUT2D eigenvalue weighted by molar-refractivity contribution is -0.145. The first-order chi connectivity index (χ1) is 23.6. The largest absolute Gasteiger partial charge is 0.488 e. The van der Waals surface area contributed by atoms with Gasteiger partial charge >= 0.3 is 12.1 Å². The number of nitrogens with one attached hydrogen (secondary N) is 4. The second-order valence-corrected chi connectivity index (χ2v) is 13.5. The lowest BCUT2D eigenvalue weighted by atomic mass is 9.95. The van der Waals surface area contributed by atoms with Crippen molar-refractivity contribution in [2.75, 3.05) is 7.11 Å². The molecule has 4 amide bonds. The van der Waals surface area contributed by atoms with Crippen molar-refractivity contribution in [2.24, 2.45) is 0 Å². The van der Waals surface area contributed by atoms with Crippen LogP contribution in [0.5, 0.6) is 5.75 Å². The number of esters is 1. The molecule has 50 heavy (non-hydrogen) atoms. The highest BCUT2D eigenvalue weighted by Gasteiger charge is 2.30. The van der Waals surface area contributed by atoms with E-state index in [1.165, 1.54) is 21.0 Å². The average Bonchev–Trinajstić information content (AvgIpc) is 3.05. The molecule has 0 aromatic heterocycles. The van der Waals surface area contributed by atoms with Crippen LogP contribution in [0.2, 0.25) is 5.02 Å². The van der Waals surface area contributed by atoms with Gasteiger partial charge in [-0.3, -0.25) is 14.4 Å². The van der Waals surface area contributed by atoms with Gasteiger partial charge in [0.1, 0.15) is 42.1 Å². The van der Waals surface area contributed by atoms with Gasteiger partial charge in [-0.25, -0.2) is 9.59 Å². The number of halogens is 1. The molecule has 0 spiro atoms. The number of rotatable bonds is 5. The molecular formula is C37H43ClN4O8. The number of hydrogen-bond donors (Lipinski definition) is 4. The minimum atomic E-state index is -1.17. The summed E-state index contributed by atoms with van der Waals surface area (Å²) in [5.41, 5.74) is 2.64. The molecule has 0 aliphatic carbocycles. The van der Waals surface area contributed by atoms with E-state index < -0.39 is 59.6 Å². The van der Waals surface area contributed by atoms with Gasteiger partial charge in [0.05, 0.1) is 7.11 Å². The van der Waals surface area contributed by atoms with Crippen LogP contribution < -0.4 is 26.0 Å².